The van der Waals surface area contributed by atoms with Crippen molar-refractivity contribution in [2.24, 2.45) is 0 Å². The molecule has 0 atom stereocenters. The standard InChI is InChI=1S/C13H10F3N3O3/c1-22-9-8(12(20)21)18-11(19-10(9)17)6-2-4-7(5-3-6)13(14,15)16/h2-5H,1H3,(H,20,21)(H2,17,18,19). The number of carboxylic acids is 1. The number of aromatic nitrogens is 2. The number of nitrogen functional groups attached to an aromatic ring is 1. The number of nitrogens with two attached hydrogens (primary N) is 1. The van der Waals surface area contributed by atoms with E-state index in [0.717, 1.165) is 24.3 Å². The second-order valence-corrected chi connectivity index (χ2v) is 4.19. The van der Waals surface area contributed by atoms with Crippen molar-refractivity contribution in [3.05, 3.63) is 35.5 Å². The fourth-order valence-corrected chi connectivity index (χ4v) is 1.75. The highest BCUT2D eigenvalue weighted by Crippen LogP contribution is 2.31. The zero-order chi connectivity index (χ0) is 16.5. The predicted molar refractivity (Wildman–Crippen MR) is 70.4 cm³/mol. The summed E-state index contributed by atoms with van der Waals surface area (Å²) in [6.07, 6.45) is -4.47. The van der Waals surface area contributed by atoms with Crippen molar-refractivity contribution in [1.82, 2.24) is 9.97 Å². The second kappa shape index (κ2) is 5.51. The van der Waals surface area contributed by atoms with Crippen molar-refractivity contribution < 1.29 is 27.8 Å². The quantitative estimate of drug-likeness (QED) is 0.903. The first kappa shape index (κ1) is 15.5. The van der Waals surface area contributed by atoms with Crippen LogP contribution in [0.2, 0.25) is 0 Å². The number of hydrogen-bond acceptors (Lipinski definition) is 5. The number of anilines is 1. The molecule has 9 heteroatoms. The fourth-order valence-electron chi connectivity index (χ4n) is 1.75. The summed E-state index contributed by atoms with van der Waals surface area (Å²) in [6.45, 7) is 0. The molecule has 3 N–H and O–H groups in total. The average Bonchev–Trinajstić information content (AvgIpc) is 2.45. The van der Waals surface area contributed by atoms with E-state index in [1.54, 1.807) is 0 Å². The third kappa shape index (κ3) is 2.92. The molecule has 0 amide bonds. The minimum atomic E-state index is -4.47. The molecule has 2 rings (SSSR count). The molecule has 2 aromatic rings. The fraction of sp³-hybridized carbons (Fsp3) is 0.154. The average molecular weight is 313 g/mol. The Morgan fingerprint density at radius 1 is 1.23 bits per heavy atom. The number of carbonyl (C=O) groups is 1. The number of nitrogens with zero attached hydrogens (tertiary/aromatic N) is 2. The summed E-state index contributed by atoms with van der Waals surface area (Å²) in [5.74, 6) is -1.92. The number of methoxy groups -OCH3 is 1. The Kier molecular flexibility index (Phi) is 3.89. The largest absolute Gasteiger partial charge is 0.491 e. The van der Waals surface area contributed by atoms with Crippen LogP contribution in [0.15, 0.2) is 24.3 Å². The molecule has 22 heavy (non-hydrogen) atoms. The first-order chi connectivity index (χ1) is 10.2. The number of aromatic carboxylic acids is 1. The molecule has 0 aliphatic carbocycles. The molecule has 1 aromatic heterocycles. The third-order valence-corrected chi connectivity index (χ3v) is 2.77. The van der Waals surface area contributed by atoms with E-state index in [2.05, 4.69) is 9.97 Å². The first-order valence-corrected chi connectivity index (χ1v) is 5.86. The van der Waals surface area contributed by atoms with Gasteiger partial charge in [0.15, 0.2) is 23.1 Å². The maximum absolute atomic E-state index is 12.5. The van der Waals surface area contributed by atoms with Gasteiger partial charge in [0.2, 0.25) is 0 Å². The lowest BCUT2D eigenvalue weighted by Gasteiger charge is -2.10. The van der Waals surface area contributed by atoms with Gasteiger partial charge >= 0.3 is 12.1 Å². The Morgan fingerprint density at radius 3 is 2.27 bits per heavy atom. The van der Waals surface area contributed by atoms with Crippen LogP contribution in [0.3, 0.4) is 0 Å². The lowest BCUT2D eigenvalue weighted by atomic mass is 10.1. The van der Waals surface area contributed by atoms with Gasteiger partial charge in [-0.3, -0.25) is 0 Å². The van der Waals surface area contributed by atoms with Crippen LogP contribution in [0.5, 0.6) is 5.75 Å². The van der Waals surface area contributed by atoms with Crippen molar-refractivity contribution in [1.29, 1.82) is 0 Å². The molecule has 0 spiro atoms. The van der Waals surface area contributed by atoms with Crippen molar-refractivity contribution in [2.45, 2.75) is 6.18 Å². The summed E-state index contributed by atoms with van der Waals surface area (Å²) in [5, 5.41) is 9.07. The van der Waals surface area contributed by atoms with Crippen molar-refractivity contribution >= 4 is 11.8 Å². The SMILES string of the molecule is COc1c(N)nc(-c2ccc(C(F)(F)F)cc2)nc1C(=O)O. The molecule has 6 nitrogen and oxygen atoms in total. The Morgan fingerprint density at radius 2 is 1.82 bits per heavy atom. The Bertz CT molecular complexity index is 715. The van der Waals surface area contributed by atoms with Crippen LogP contribution in [0, 0.1) is 0 Å². The molecule has 0 saturated carbocycles. The van der Waals surface area contributed by atoms with E-state index in [4.69, 9.17) is 15.6 Å². The summed E-state index contributed by atoms with van der Waals surface area (Å²) in [7, 11) is 1.21. The molecule has 0 aliphatic heterocycles. The number of ether oxygens (including phenoxy) is 1. The Labute approximate surface area is 122 Å². The highest BCUT2D eigenvalue weighted by atomic mass is 19.4. The van der Waals surface area contributed by atoms with Gasteiger partial charge in [0, 0.05) is 5.56 Å². The predicted octanol–water partition coefficient (Wildman–Crippen LogP) is 2.45. The zero-order valence-electron chi connectivity index (χ0n) is 11.2. The topological polar surface area (TPSA) is 98.3 Å². The van der Waals surface area contributed by atoms with Crippen LogP contribution in [0.25, 0.3) is 11.4 Å². The van der Waals surface area contributed by atoms with Gasteiger partial charge in [-0.05, 0) is 12.1 Å². The van der Waals surface area contributed by atoms with E-state index in [1.165, 1.54) is 7.11 Å². The van der Waals surface area contributed by atoms with Crippen LogP contribution >= 0.6 is 0 Å². The monoisotopic (exact) mass is 313 g/mol. The van der Waals surface area contributed by atoms with Gasteiger partial charge in [0.25, 0.3) is 0 Å². The van der Waals surface area contributed by atoms with Gasteiger partial charge in [-0.25, -0.2) is 14.8 Å². The van der Waals surface area contributed by atoms with Gasteiger partial charge in [0.05, 0.1) is 12.7 Å². The molecule has 0 saturated heterocycles. The van der Waals surface area contributed by atoms with Crippen LogP contribution in [-0.4, -0.2) is 28.2 Å². The normalized spacial score (nSPS) is 11.3. The molecule has 1 heterocycles. The second-order valence-electron chi connectivity index (χ2n) is 4.19. The van der Waals surface area contributed by atoms with Gasteiger partial charge in [-0.15, -0.1) is 0 Å². The lowest BCUT2D eigenvalue weighted by molar-refractivity contribution is -0.137. The van der Waals surface area contributed by atoms with E-state index in [9.17, 15) is 18.0 Å². The van der Waals surface area contributed by atoms with Crippen molar-refractivity contribution in [2.75, 3.05) is 12.8 Å². The molecule has 116 valence electrons. The van der Waals surface area contributed by atoms with Crippen LogP contribution < -0.4 is 10.5 Å². The number of halogens is 3. The van der Waals surface area contributed by atoms with Crippen LogP contribution in [0.1, 0.15) is 16.1 Å². The van der Waals surface area contributed by atoms with E-state index >= 15 is 0 Å². The molecule has 0 unspecified atom stereocenters. The van der Waals surface area contributed by atoms with E-state index in [0.29, 0.717) is 0 Å². The third-order valence-electron chi connectivity index (χ3n) is 2.77. The highest BCUT2D eigenvalue weighted by Gasteiger charge is 2.30. The highest BCUT2D eigenvalue weighted by molar-refractivity contribution is 5.91. The number of hydrogen-bond donors (Lipinski definition) is 2. The molecule has 0 aliphatic rings. The minimum absolute atomic E-state index is 0.107. The van der Waals surface area contributed by atoms with E-state index in [1.807, 2.05) is 0 Å². The molecule has 0 fully saturated rings. The number of alkyl halides is 3. The molecule has 0 radical (unpaired) electrons. The van der Waals surface area contributed by atoms with Crippen LogP contribution in [-0.2, 0) is 6.18 Å². The van der Waals surface area contributed by atoms with Gasteiger partial charge in [-0.1, -0.05) is 12.1 Å². The molecular formula is C13H10F3N3O3. The Balaban J connectivity index is 2.51. The Hall–Kier alpha value is -2.84. The molecular weight excluding hydrogens is 303 g/mol. The summed E-state index contributed by atoms with van der Waals surface area (Å²) in [5.41, 5.74) is 4.48. The van der Waals surface area contributed by atoms with Gasteiger partial charge < -0.3 is 15.6 Å². The number of carboxylic acid groups (broad SMARTS) is 1. The smallest absolute Gasteiger partial charge is 0.416 e. The van der Waals surface area contributed by atoms with Gasteiger partial charge in [-0.2, -0.15) is 13.2 Å². The van der Waals surface area contributed by atoms with E-state index in [-0.39, 0.29) is 23.0 Å². The summed E-state index contributed by atoms with van der Waals surface area (Å²) >= 11 is 0. The maximum atomic E-state index is 12.5. The van der Waals surface area contributed by atoms with Crippen molar-refractivity contribution in [3.8, 4) is 17.1 Å². The molecule has 0 bridgehead atoms. The number of rotatable bonds is 3. The summed E-state index contributed by atoms with van der Waals surface area (Å²) in [4.78, 5) is 18.7. The summed E-state index contributed by atoms with van der Waals surface area (Å²) in [6, 6.07) is 3.96. The minimum Gasteiger partial charge on any atom is -0.491 e. The summed E-state index contributed by atoms with van der Waals surface area (Å²) < 4.78 is 42.3. The van der Waals surface area contributed by atoms with Gasteiger partial charge in [0.1, 0.15) is 0 Å². The number of benzene rings is 1. The first-order valence-electron chi connectivity index (χ1n) is 5.86. The molecule has 1 aromatic carbocycles. The maximum Gasteiger partial charge on any atom is 0.416 e. The lowest BCUT2D eigenvalue weighted by Crippen LogP contribution is -2.10. The van der Waals surface area contributed by atoms with Crippen molar-refractivity contribution in [3.63, 3.8) is 0 Å². The van der Waals surface area contributed by atoms with E-state index < -0.39 is 23.4 Å². The zero-order valence-corrected chi connectivity index (χ0v) is 11.2. The van der Waals surface area contributed by atoms with Crippen LogP contribution in [0.4, 0.5) is 19.0 Å².